The van der Waals surface area contributed by atoms with Crippen molar-refractivity contribution in [1.82, 2.24) is 0 Å². The number of carbonyl (C=O) groups is 1. The first-order chi connectivity index (χ1) is 10.1. The lowest BCUT2D eigenvalue weighted by molar-refractivity contribution is 0.1000. The molecule has 0 unspecified atom stereocenters. The molecule has 0 aromatic heterocycles. The molecule has 1 amide bonds. The van der Waals surface area contributed by atoms with Crippen LogP contribution < -0.4 is 10.5 Å². The summed E-state index contributed by atoms with van der Waals surface area (Å²) in [5.41, 5.74) is 8.08. The van der Waals surface area contributed by atoms with E-state index in [0.717, 1.165) is 17.1 Å². The Bertz CT molecular complexity index is 623. The Hall–Kier alpha value is -1.94. The first-order valence-electron chi connectivity index (χ1n) is 6.85. The standard InChI is InChI=1S/C17H19NO2S/c1-3-20-16-9-6-13(17(18)19)10-14(16)11-21-15-7-4-12(2)5-8-15/h4-10H,3,11H2,1-2H3,(H2,18,19). The highest BCUT2D eigenvalue weighted by atomic mass is 32.2. The molecule has 0 aliphatic rings. The number of aryl methyl sites for hydroxylation is 1. The maximum Gasteiger partial charge on any atom is 0.248 e. The van der Waals surface area contributed by atoms with Crippen molar-refractivity contribution >= 4 is 17.7 Å². The smallest absolute Gasteiger partial charge is 0.248 e. The molecule has 2 rings (SSSR count). The second kappa shape index (κ2) is 7.18. The number of hydrogen-bond donors (Lipinski definition) is 1. The van der Waals surface area contributed by atoms with Crippen LogP contribution in [0.5, 0.6) is 5.75 Å². The van der Waals surface area contributed by atoms with Gasteiger partial charge in [0.2, 0.25) is 5.91 Å². The van der Waals surface area contributed by atoms with E-state index in [1.54, 1.807) is 17.8 Å². The third-order valence-electron chi connectivity index (χ3n) is 3.06. The van der Waals surface area contributed by atoms with E-state index in [1.165, 1.54) is 10.5 Å². The van der Waals surface area contributed by atoms with Gasteiger partial charge in [-0.2, -0.15) is 0 Å². The van der Waals surface area contributed by atoms with Crippen molar-refractivity contribution in [3.8, 4) is 5.75 Å². The summed E-state index contributed by atoms with van der Waals surface area (Å²) < 4.78 is 5.61. The second-order valence-corrected chi connectivity index (χ2v) is 5.77. The number of amides is 1. The summed E-state index contributed by atoms with van der Waals surface area (Å²) in [6.45, 7) is 4.61. The van der Waals surface area contributed by atoms with E-state index in [2.05, 4.69) is 31.2 Å². The molecule has 110 valence electrons. The maximum atomic E-state index is 11.3. The van der Waals surface area contributed by atoms with Crippen LogP contribution in [0, 0.1) is 6.92 Å². The summed E-state index contributed by atoms with van der Waals surface area (Å²) in [7, 11) is 0. The van der Waals surface area contributed by atoms with Crippen LogP contribution in [-0.4, -0.2) is 12.5 Å². The highest BCUT2D eigenvalue weighted by molar-refractivity contribution is 7.98. The Kier molecular flexibility index (Phi) is 5.28. The van der Waals surface area contributed by atoms with Gasteiger partial charge in [0.15, 0.2) is 0 Å². The van der Waals surface area contributed by atoms with E-state index in [1.807, 2.05) is 19.1 Å². The largest absolute Gasteiger partial charge is 0.494 e. The molecule has 0 radical (unpaired) electrons. The minimum Gasteiger partial charge on any atom is -0.494 e. The molecule has 0 saturated carbocycles. The molecule has 0 saturated heterocycles. The van der Waals surface area contributed by atoms with E-state index < -0.39 is 5.91 Å². The van der Waals surface area contributed by atoms with E-state index >= 15 is 0 Å². The second-order valence-electron chi connectivity index (χ2n) is 4.72. The van der Waals surface area contributed by atoms with Crippen LogP contribution in [0.2, 0.25) is 0 Å². The number of benzene rings is 2. The zero-order chi connectivity index (χ0) is 15.2. The fourth-order valence-electron chi connectivity index (χ4n) is 1.94. The van der Waals surface area contributed by atoms with E-state index in [4.69, 9.17) is 10.5 Å². The average molecular weight is 301 g/mol. The molecular formula is C17H19NO2S. The third-order valence-corrected chi connectivity index (χ3v) is 4.12. The number of nitrogens with two attached hydrogens (primary N) is 1. The van der Waals surface area contributed by atoms with E-state index in [-0.39, 0.29) is 0 Å². The fraction of sp³-hybridized carbons (Fsp3) is 0.235. The molecule has 0 atom stereocenters. The summed E-state index contributed by atoms with van der Waals surface area (Å²) in [4.78, 5) is 12.5. The number of ether oxygens (including phenoxy) is 1. The highest BCUT2D eigenvalue weighted by Gasteiger charge is 2.09. The van der Waals surface area contributed by atoms with Gasteiger partial charge in [0.25, 0.3) is 0 Å². The van der Waals surface area contributed by atoms with Crippen LogP contribution in [-0.2, 0) is 5.75 Å². The average Bonchev–Trinajstić information content (AvgIpc) is 2.48. The molecule has 4 heteroatoms. The number of rotatable bonds is 6. The molecular weight excluding hydrogens is 282 g/mol. The monoisotopic (exact) mass is 301 g/mol. The maximum absolute atomic E-state index is 11.3. The molecule has 0 heterocycles. The first-order valence-corrected chi connectivity index (χ1v) is 7.83. The third kappa shape index (κ3) is 4.26. The van der Waals surface area contributed by atoms with Gasteiger partial charge in [-0.05, 0) is 44.2 Å². The molecule has 0 aliphatic heterocycles. The van der Waals surface area contributed by atoms with Crippen molar-refractivity contribution in [2.45, 2.75) is 24.5 Å². The van der Waals surface area contributed by atoms with Crippen molar-refractivity contribution in [1.29, 1.82) is 0 Å². The number of carbonyl (C=O) groups excluding carboxylic acids is 1. The lowest BCUT2D eigenvalue weighted by atomic mass is 10.1. The Morgan fingerprint density at radius 2 is 1.90 bits per heavy atom. The number of hydrogen-bond acceptors (Lipinski definition) is 3. The van der Waals surface area contributed by atoms with Gasteiger partial charge in [0.05, 0.1) is 6.61 Å². The Morgan fingerprint density at radius 3 is 2.52 bits per heavy atom. The van der Waals surface area contributed by atoms with Gasteiger partial charge in [0.1, 0.15) is 5.75 Å². The molecule has 0 spiro atoms. The van der Waals surface area contributed by atoms with E-state index in [9.17, 15) is 4.79 Å². The molecule has 0 fully saturated rings. The van der Waals surface area contributed by atoms with Crippen LogP contribution in [0.4, 0.5) is 0 Å². The first kappa shape index (κ1) is 15.4. The van der Waals surface area contributed by atoms with E-state index in [0.29, 0.717) is 12.2 Å². The molecule has 0 bridgehead atoms. The SMILES string of the molecule is CCOc1ccc(C(N)=O)cc1CSc1ccc(C)cc1. The van der Waals surface area contributed by atoms with Crippen molar-refractivity contribution in [3.05, 3.63) is 59.2 Å². The van der Waals surface area contributed by atoms with Gasteiger partial charge >= 0.3 is 0 Å². The van der Waals surface area contributed by atoms with Crippen LogP contribution >= 0.6 is 11.8 Å². The van der Waals surface area contributed by atoms with Crippen LogP contribution in [0.1, 0.15) is 28.4 Å². The fourth-order valence-corrected chi connectivity index (χ4v) is 2.81. The quantitative estimate of drug-likeness (QED) is 0.826. The lowest BCUT2D eigenvalue weighted by Crippen LogP contribution is -2.11. The predicted molar refractivity (Wildman–Crippen MR) is 86.9 cm³/mol. The minimum absolute atomic E-state index is 0.417. The Balaban J connectivity index is 2.17. The highest BCUT2D eigenvalue weighted by Crippen LogP contribution is 2.29. The zero-order valence-corrected chi connectivity index (χ0v) is 13.1. The number of thioether (sulfide) groups is 1. The van der Waals surface area contributed by atoms with Crippen molar-refractivity contribution in [2.75, 3.05) is 6.61 Å². The van der Waals surface area contributed by atoms with Gasteiger partial charge in [0, 0.05) is 21.8 Å². The van der Waals surface area contributed by atoms with Gasteiger partial charge < -0.3 is 10.5 Å². The topological polar surface area (TPSA) is 52.3 Å². The van der Waals surface area contributed by atoms with Gasteiger partial charge in [-0.1, -0.05) is 17.7 Å². The van der Waals surface area contributed by atoms with Crippen LogP contribution in [0.15, 0.2) is 47.4 Å². The predicted octanol–water partition coefficient (Wildman–Crippen LogP) is 3.78. The van der Waals surface area contributed by atoms with Gasteiger partial charge in [-0.15, -0.1) is 11.8 Å². The summed E-state index contributed by atoms with van der Waals surface area (Å²) in [6, 6.07) is 13.7. The lowest BCUT2D eigenvalue weighted by Gasteiger charge is -2.11. The summed E-state index contributed by atoms with van der Waals surface area (Å²) in [5.74, 6) is 1.13. The summed E-state index contributed by atoms with van der Waals surface area (Å²) >= 11 is 1.71. The summed E-state index contributed by atoms with van der Waals surface area (Å²) in [6.07, 6.45) is 0. The molecule has 2 N–H and O–H groups in total. The van der Waals surface area contributed by atoms with Crippen LogP contribution in [0.3, 0.4) is 0 Å². The Morgan fingerprint density at radius 1 is 1.19 bits per heavy atom. The molecule has 21 heavy (non-hydrogen) atoms. The van der Waals surface area contributed by atoms with Crippen molar-refractivity contribution in [3.63, 3.8) is 0 Å². The molecule has 0 aliphatic carbocycles. The molecule has 3 nitrogen and oxygen atoms in total. The van der Waals surface area contributed by atoms with Crippen LogP contribution in [0.25, 0.3) is 0 Å². The molecule has 2 aromatic carbocycles. The van der Waals surface area contributed by atoms with Crippen molar-refractivity contribution < 1.29 is 9.53 Å². The van der Waals surface area contributed by atoms with Crippen molar-refractivity contribution in [2.24, 2.45) is 5.73 Å². The number of primary amides is 1. The van der Waals surface area contributed by atoms with Gasteiger partial charge in [-0.3, -0.25) is 4.79 Å². The normalized spacial score (nSPS) is 10.4. The zero-order valence-electron chi connectivity index (χ0n) is 12.3. The van der Waals surface area contributed by atoms with Gasteiger partial charge in [-0.25, -0.2) is 0 Å². The minimum atomic E-state index is -0.417. The Labute approximate surface area is 129 Å². The molecule has 2 aromatic rings. The summed E-state index contributed by atoms with van der Waals surface area (Å²) in [5, 5.41) is 0.